The summed E-state index contributed by atoms with van der Waals surface area (Å²) in [7, 11) is 1.70. The molecule has 0 atom stereocenters. The van der Waals surface area contributed by atoms with Gasteiger partial charge in [-0.15, -0.1) is 11.3 Å². The van der Waals surface area contributed by atoms with Gasteiger partial charge in [-0.3, -0.25) is 0 Å². The van der Waals surface area contributed by atoms with Gasteiger partial charge in [0.25, 0.3) is 0 Å². The molecule has 0 aliphatic heterocycles. The van der Waals surface area contributed by atoms with Crippen LogP contribution >= 0.6 is 11.3 Å². The molecule has 0 saturated carbocycles. The first kappa shape index (κ1) is 17.5. The minimum atomic E-state index is 0.880. The minimum Gasteiger partial charge on any atom is -0.497 e. The highest BCUT2D eigenvalue weighted by molar-refractivity contribution is 7.07. The van der Waals surface area contributed by atoms with Crippen molar-refractivity contribution in [3.8, 4) is 17.0 Å². The summed E-state index contributed by atoms with van der Waals surface area (Å²) >= 11 is 1.70. The normalized spacial score (nSPS) is 11.7. The highest BCUT2D eigenvalue weighted by Crippen LogP contribution is 2.24. The molecule has 0 saturated heterocycles. The molecular weight excluding hydrogens is 328 g/mol. The van der Waals surface area contributed by atoms with Crippen LogP contribution in [0.3, 0.4) is 0 Å². The van der Waals surface area contributed by atoms with Gasteiger partial charge in [0.15, 0.2) is 4.80 Å². The number of rotatable bonds is 7. The zero-order valence-corrected chi connectivity index (χ0v) is 15.6. The van der Waals surface area contributed by atoms with Gasteiger partial charge in [0.05, 0.1) is 18.5 Å². The van der Waals surface area contributed by atoms with Crippen molar-refractivity contribution < 1.29 is 4.74 Å². The maximum atomic E-state index is 5.28. The van der Waals surface area contributed by atoms with Gasteiger partial charge in [0.2, 0.25) is 0 Å². The summed E-state index contributed by atoms with van der Waals surface area (Å²) in [4.78, 5) is 5.91. The zero-order valence-electron chi connectivity index (χ0n) is 14.8. The number of para-hydroxylation sites is 1. The number of ether oxygens (including phenoxy) is 1. The first-order valence-electron chi connectivity index (χ1n) is 8.74. The molecule has 4 heteroatoms. The highest BCUT2D eigenvalue weighted by atomic mass is 32.1. The maximum absolute atomic E-state index is 5.28. The Morgan fingerprint density at radius 2 is 1.76 bits per heavy atom. The van der Waals surface area contributed by atoms with Crippen molar-refractivity contribution in [1.82, 2.24) is 4.57 Å². The Morgan fingerprint density at radius 3 is 2.44 bits per heavy atom. The second-order valence-electron chi connectivity index (χ2n) is 5.94. The van der Waals surface area contributed by atoms with Crippen molar-refractivity contribution in [2.45, 2.75) is 32.7 Å². The number of nitrogens with zero attached hydrogens (tertiary/aromatic N) is 2. The fourth-order valence-corrected chi connectivity index (χ4v) is 3.72. The largest absolute Gasteiger partial charge is 0.497 e. The lowest BCUT2D eigenvalue weighted by atomic mass is 10.1. The Kier molecular flexibility index (Phi) is 6.07. The van der Waals surface area contributed by atoms with Crippen LogP contribution in [0.2, 0.25) is 0 Å². The molecule has 3 aromatic rings. The summed E-state index contributed by atoms with van der Waals surface area (Å²) in [5, 5.41) is 2.20. The number of aromatic nitrogens is 1. The van der Waals surface area contributed by atoms with E-state index < -0.39 is 0 Å². The van der Waals surface area contributed by atoms with E-state index in [9.17, 15) is 0 Å². The Hall–Kier alpha value is -2.33. The molecule has 0 aliphatic rings. The van der Waals surface area contributed by atoms with Crippen LogP contribution in [0.4, 0.5) is 5.69 Å². The van der Waals surface area contributed by atoms with Gasteiger partial charge in [-0.2, -0.15) is 0 Å². The molecule has 130 valence electrons. The lowest BCUT2D eigenvalue weighted by Crippen LogP contribution is -2.16. The van der Waals surface area contributed by atoms with E-state index >= 15 is 0 Å². The van der Waals surface area contributed by atoms with Gasteiger partial charge in [0, 0.05) is 11.9 Å². The highest BCUT2D eigenvalue weighted by Gasteiger charge is 2.08. The summed E-state index contributed by atoms with van der Waals surface area (Å²) in [6, 6.07) is 18.4. The molecule has 0 radical (unpaired) electrons. The van der Waals surface area contributed by atoms with E-state index in [2.05, 4.69) is 29.0 Å². The van der Waals surface area contributed by atoms with Gasteiger partial charge >= 0.3 is 0 Å². The maximum Gasteiger partial charge on any atom is 0.190 e. The predicted octanol–water partition coefficient (Wildman–Crippen LogP) is 5.65. The van der Waals surface area contributed by atoms with Crippen LogP contribution in [0.1, 0.15) is 26.2 Å². The number of hydrogen-bond acceptors (Lipinski definition) is 3. The van der Waals surface area contributed by atoms with E-state index in [1.54, 1.807) is 18.4 Å². The molecule has 0 fully saturated rings. The number of unbranched alkanes of at least 4 members (excludes halogenated alkanes) is 2. The topological polar surface area (TPSA) is 26.5 Å². The van der Waals surface area contributed by atoms with E-state index in [4.69, 9.17) is 9.73 Å². The fraction of sp³-hybridized carbons (Fsp3) is 0.286. The number of thiazole rings is 1. The molecule has 0 N–H and O–H groups in total. The molecule has 1 heterocycles. The first-order chi connectivity index (χ1) is 12.3. The van der Waals surface area contributed by atoms with Crippen molar-refractivity contribution in [2.24, 2.45) is 4.99 Å². The Balaban J connectivity index is 2.01. The first-order valence-corrected chi connectivity index (χ1v) is 9.62. The molecule has 1 aromatic heterocycles. The van der Waals surface area contributed by atoms with Gasteiger partial charge in [-0.05, 0) is 48.4 Å². The monoisotopic (exact) mass is 352 g/mol. The smallest absolute Gasteiger partial charge is 0.190 e. The third-order valence-corrected chi connectivity index (χ3v) is 5.01. The summed E-state index contributed by atoms with van der Waals surface area (Å²) in [6.45, 7) is 3.22. The average Bonchev–Trinajstić information content (AvgIpc) is 3.05. The summed E-state index contributed by atoms with van der Waals surface area (Å²) < 4.78 is 7.62. The quantitative estimate of drug-likeness (QED) is 0.505. The molecule has 0 spiro atoms. The van der Waals surface area contributed by atoms with E-state index in [-0.39, 0.29) is 0 Å². The molecule has 2 aromatic carbocycles. The molecule has 0 unspecified atom stereocenters. The van der Waals surface area contributed by atoms with Gasteiger partial charge in [0.1, 0.15) is 5.75 Å². The lowest BCUT2D eigenvalue weighted by molar-refractivity contribution is 0.415. The van der Waals surface area contributed by atoms with Gasteiger partial charge < -0.3 is 9.30 Å². The van der Waals surface area contributed by atoms with E-state index in [0.29, 0.717) is 0 Å². The average molecular weight is 353 g/mol. The van der Waals surface area contributed by atoms with E-state index in [0.717, 1.165) is 22.8 Å². The number of hydrogen-bond donors (Lipinski definition) is 0. The van der Waals surface area contributed by atoms with E-state index in [1.807, 2.05) is 42.5 Å². The van der Waals surface area contributed by atoms with Crippen molar-refractivity contribution >= 4 is 17.0 Å². The number of methoxy groups -OCH3 is 1. The fourth-order valence-electron chi connectivity index (χ4n) is 2.76. The summed E-state index contributed by atoms with van der Waals surface area (Å²) in [5.74, 6) is 0.880. The van der Waals surface area contributed by atoms with E-state index in [1.165, 1.54) is 30.5 Å². The van der Waals surface area contributed by atoms with Crippen LogP contribution in [0.15, 0.2) is 65.0 Å². The SMILES string of the molecule is CCCCCn1c(-c2ccc(OC)cc2)csc1=Nc1ccccc1. The van der Waals surface area contributed by atoms with Crippen LogP contribution in [0.5, 0.6) is 5.75 Å². The Labute approximate surface area is 153 Å². The van der Waals surface area contributed by atoms with Crippen LogP contribution in [0, 0.1) is 0 Å². The summed E-state index contributed by atoms with van der Waals surface area (Å²) in [6.07, 6.45) is 3.61. The van der Waals surface area contributed by atoms with Crippen molar-refractivity contribution in [3.05, 3.63) is 64.8 Å². The number of benzene rings is 2. The Bertz CT molecular complexity index is 848. The van der Waals surface area contributed by atoms with Crippen molar-refractivity contribution in [2.75, 3.05) is 7.11 Å². The van der Waals surface area contributed by atoms with Crippen molar-refractivity contribution in [3.63, 3.8) is 0 Å². The molecule has 0 aliphatic carbocycles. The lowest BCUT2D eigenvalue weighted by Gasteiger charge is -2.09. The summed E-state index contributed by atoms with van der Waals surface area (Å²) in [5.41, 5.74) is 3.41. The molecular formula is C21H24N2OS. The van der Waals surface area contributed by atoms with Crippen LogP contribution in [-0.2, 0) is 6.54 Å². The van der Waals surface area contributed by atoms with Crippen LogP contribution < -0.4 is 9.54 Å². The molecule has 25 heavy (non-hydrogen) atoms. The van der Waals surface area contributed by atoms with Crippen LogP contribution in [0.25, 0.3) is 11.3 Å². The predicted molar refractivity (Wildman–Crippen MR) is 105 cm³/mol. The second-order valence-corrected chi connectivity index (χ2v) is 6.77. The standard InChI is InChI=1S/C21H24N2OS/c1-3-4-8-15-23-20(17-11-13-19(24-2)14-12-17)16-25-21(23)22-18-9-6-5-7-10-18/h5-7,9-14,16H,3-4,8,15H2,1-2H3. The molecule has 0 bridgehead atoms. The zero-order chi connectivity index (χ0) is 17.5. The second kappa shape index (κ2) is 8.67. The molecule has 0 amide bonds. The third kappa shape index (κ3) is 4.40. The molecule has 3 nitrogen and oxygen atoms in total. The van der Waals surface area contributed by atoms with Gasteiger partial charge in [-0.1, -0.05) is 38.0 Å². The van der Waals surface area contributed by atoms with Crippen molar-refractivity contribution in [1.29, 1.82) is 0 Å². The molecule has 3 rings (SSSR count). The van der Waals surface area contributed by atoms with Crippen LogP contribution in [-0.4, -0.2) is 11.7 Å². The third-order valence-electron chi connectivity index (χ3n) is 4.15. The Morgan fingerprint density at radius 1 is 1.00 bits per heavy atom. The minimum absolute atomic E-state index is 0.880. The van der Waals surface area contributed by atoms with Gasteiger partial charge in [-0.25, -0.2) is 4.99 Å².